The smallest absolute Gasteiger partial charge is 0.177 e. The second kappa shape index (κ2) is 4.60. The Kier molecular flexibility index (Phi) is 3.02. The number of allylic oxidation sites excluding steroid dienone is 2. The van der Waals surface area contributed by atoms with E-state index in [9.17, 15) is 19.6 Å². The molecule has 20 heavy (non-hydrogen) atoms. The van der Waals surface area contributed by atoms with E-state index in [4.69, 9.17) is 11.6 Å². The Morgan fingerprint density at radius 3 is 2.70 bits per heavy atom. The number of carbonyl (C=O) groups is 1. The van der Waals surface area contributed by atoms with E-state index in [0.29, 0.717) is 11.1 Å². The van der Waals surface area contributed by atoms with E-state index in [1.807, 2.05) is 6.07 Å². The predicted octanol–water partition coefficient (Wildman–Crippen LogP) is 3.46. The Hall–Kier alpha value is -1.86. The maximum atomic E-state index is 13.6. The number of hydrogen-bond donors (Lipinski definition) is 1. The van der Waals surface area contributed by atoms with Gasteiger partial charge in [-0.3, -0.25) is 4.79 Å². The van der Waals surface area contributed by atoms with Gasteiger partial charge in [-0.2, -0.15) is 5.26 Å². The van der Waals surface area contributed by atoms with E-state index in [2.05, 4.69) is 0 Å². The second-order valence-corrected chi connectivity index (χ2v) is 5.60. The van der Waals surface area contributed by atoms with E-state index in [1.54, 1.807) is 0 Å². The molecule has 2 aliphatic rings. The van der Waals surface area contributed by atoms with Crippen LogP contribution in [-0.2, 0) is 4.79 Å². The number of rotatable bonds is 1. The first kappa shape index (κ1) is 13.1. The number of carbonyl (C=O) groups excluding carboxylic acids is 1. The number of ketones is 1. The highest BCUT2D eigenvalue weighted by atomic mass is 35.5. The minimum absolute atomic E-state index is 0.0304. The molecule has 1 aromatic carbocycles. The minimum Gasteiger partial charge on any atom is -0.504 e. The molecule has 0 aromatic heterocycles. The zero-order chi connectivity index (χ0) is 14.4. The van der Waals surface area contributed by atoms with Crippen LogP contribution in [0.3, 0.4) is 0 Å². The number of phenols is 1. The lowest BCUT2D eigenvalue weighted by Gasteiger charge is -2.14. The van der Waals surface area contributed by atoms with E-state index in [1.165, 1.54) is 6.07 Å². The third-order valence-corrected chi connectivity index (χ3v) is 4.47. The topological polar surface area (TPSA) is 61.1 Å². The van der Waals surface area contributed by atoms with Crippen LogP contribution in [0.25, 0.3) is 5.57 Å². The number of Topliss-reactive ketones (excluding diaryl/α,β-unsaturated/α-hetero) is 1. The van der Waals surface area contributed by atoms with Crippen molar-refractivity contribution in [1.82, 2.24) is 0 Å². The van der Waals surface area contributed by atoms with Crippen LogP contribution in [0.15, 0.2) is 17.7 Å². The summed E-state index contributed by atoms with van der Waals surface area (Å²) in [6.07, 6.45) is 2.51. The number of fused-ring (bicyclic) bond motifs is 1. The minimum atomic E-state index is -0.841. The van der Waals surface area contributed by atoms with Gasteiger partial charge in [-0.15, -0.1) is 0 Å². The molecule has 0 amide bonds. The molecule has 3 nitrogen and oxygen atoms in total. The lowest BCUT2D eigenvalue weighted by molar-refractivity contribution is -0.118. The average Bonchev–Trinajstić information content (AvgIpc) is 2.97. The molecule has 2 atom stereocenters. The first-order valence-electron chi connectivity index (χ1n) is 6.41. The molecule has 0 saturated heterocycles. The van der Waals surface area contributed by atoms with Gasteiger partial charge >= 0.3 is 0 Å². The fourth-order valence-corrected chi connectivity index (χ4v) is 3.53. The van der Waals surface area contributed by atoms with Crippen LogP contribution in [0.1, 0.15) is 24.8 Å². The Morgan fingerprint density at radius 2 is 2.05 bits per heavy atom. The Morgan fingerprint density at radius 1 is 1.35 bits per heavy atom. The van der Waals surface area contributed by atoms with Crippen molar-refractivity contribution in [3.8, 4) is 11.8 Å². The van der Waals surface area contributed by atoms with Crippen molar-refractivity contribution in [2.45, 2.75) is 19.3 Å². The van der Waals surface area contributed by atoms with Crippen molar-refractivity contribution in [3.05, 3.63) is 34.1 Å². The maximum absolute atomic E-state index is 13.6. The van der Waals surface area contributed by atoms with Crippen molar-refractivity contribution < 1.29 is 14.3 Å². The molecule has 1 fully saturated rings. The van der Waals surface area contributed by atoms with Crippen molar-refractivity contribution >= 4 is 23.0 Å². The lowest BCUT2D eigenvalue weighted by Crippen LogP contribution is -2.11. The maximum Gasteiger partial charge on any atom is 0.177 e. The highest BCUT2D eigenvalue weighted by Crippen LogP contribution is 2.50. The van der Waals surface area contributed by atoms with E-state index < -0.39 is 11.6 Å². The predicted molar refractivity (Wildman–Crippen MR) is 71.4 cm³/mol. The third kappa shape index (κ3) is 1.74. The summed E-state index contributed by atoms with van der Waals surface area (Å²) in [5, 5.41) is 18.5. The summed E-state index contributed by atoms with van der Waals surface area (Å²) in [5.74, 6) is -1.78. The first-order chi connectivity index (χ1) is 9.54. The molecule has 2 aliphatic carbocycles. The largest absolute Gasteiger partial charge is 0.504 e. The Labute approximate surface area is 120 Å². The van der Waals surface area contributed by atoms with Gasteiger partial charge in [0.2, 0.25) is 0 Å². The van der Waals surface area contributed by atoms with E-state index in [0.717, 1.165) is 25.3 Å². The van der Waals surface area contributed by atoms with Crippen LogP contribution < -0.4 is 0 Å². The van der Waals surface area contributed by atoms with E-state index >= 15 is 0 Å². The molecular formula is C15H11ClFNO2. The normalized spacial score (nSPS) is 24.9. The second-order valence-electron chi connectivity index (χ2n) is 5.20. The number of benzene rings is 1. The van der Waals surface area contributed by atoms with Gasteiger partial charge in [-0.25, -0.2) is 4.39 Å². The third-order valence-electron chi connectivity index (χ3n) is 4.18. The van der Waals surface area contributed by atoms with Gasteiger partial charge in [0.1, 0.15) is 6.07 Å². The molecule has 0 radical (unpaired) electrons. The van der Waals surface area contributed by atoms with Crippen LogP contribution in [-0.4, -0.2) is 10.9 Å². The van der Waals surface area contributed by atoms with Crippen LogP contribution in [0, 0.1) is 29.0 Å². The SMILES string of the molecule is N#CC1=C(c2cc(F)c(O)c(Cl)c2)C2CCCC2C1=O. The van der Waals surface area contributed by atoms with Gasteiger partial charge < -0.3 is 5.11 Å². The van der Waals surface area contributed by atoms with Crippen molar-refractivity contribution in [1.29, 1.82) is 5.26 Å². The van der Waals surface area contributed by atoms with Gasteiger partial charge in [0.05, 0.1) is 10.6 Å². The number of halogens is 2. The summed E-state index contributed by atoms with van der Waals surface area (Å²) in [4.78, 5) is 12.2. The highest BCUT2D eigenvalue weighted by molar-refractivity contribution is 6.32. The van der Waals surface area contributed by atoms with Crippen LogP contribution >= 0.6 is 11.6 Å². The van der Waals surface area contributed by atoms with Crippen molar-refractivity contribution in [2.75, 3.05) is 0 Å². The van der Waals surface area contributed by atoms with Crippen LogP contribution in [0.4, 0.5) is 4.39 Å². The molecule has 0 spiro atoms. The zero-order valence-electron chi connectivity index (χ0n) is 10.5. The summed E-state index contributed by atoms with van der Waals surface area (Å²) in [7, 11) is 0. The van der Waals surface area contributed by atoms with Gasteiger partial charge in [0.25, 0.3) is 0 Å². The molecule has 1 N–H and O–H groups in total. The number of phenolic OH excluding ortho intramolecular Hbond substituents is 1. The standard InChI is InChI=1S/C15H11ClFNO2/c16-11-4-7(5-12(17)15(11)20)13-8-2-1-3-9(8)14(19)10(13)6-18/h4-5,8-9,20H,1-3H2. The van der Waals surface area contributed by atoms with E-state index in [-0.39, 0.29) is 28.2 Å². The number of nitrogens with zero attached hydrogens (tertiary/aromatic N) is 1. The quantitative estimate of drug-likeness (QED) is 0.862. The van der Waals surface area contributed by atoms with Crippen molar-refractivity contribution in [3.63, 3.8) is 0 Å². The fourth-order valence-electron chi connectivity index (χ4n) is 3.32. The zero-order valence-corrected chi connectivity index (χ0v) is 11.2. The first-order valence-corrected chi connectivity index (χ1v) is 6.79. The molecule has 1 saturated carbocycles. The lowest BCUT2D eigenvalue weighted by atomic mass is 9.90. The highest BCUT2D eigenvalue weighted by Gasteiger charge is 2.45. The van der Waals surface area contributed by atoms with Gasteiger partial charge in [0, 0.05) is 5.92 Å². The average molecular weight is 292 g/mol. The Bertz CT molecular complexity index is 667. The van der Waals surface area contributed by atoms with Crippen LogP contribution in [0.2, 0.25) is 5.02 Å². The molecule has 5 heteroatoms. The molecule has 102 valence electrons. The summed E-state index contributed by atoms with van der Waals surface area (Å²) >= 11 is 5.79. The van der Waals surface area contributed by atoms with Crippen LogP contribution in [0.5, 0.6) is 5.75 Å². The molecule has 0 bridgehead atoms. The monoisotopic (exact) mass is 291 g/mol. The van der Waals surface area contributed by atoms with Gasteiger partial charge in [-0.05, 0) is 42.0 Å². The summed E-state index contributed by atoms with van der Waals surface area (Å²) in [5.41, 5.74) is 1.12. The Balaban J connectivity index is 2.19. The van der Waals surface area contributed by atoms with Gasteiger partial charge in [0.15, 0.2) is 17.3 Å². The number of hydrogen-bond acceptors (Lipinski definition) is 3. The summed E-state index contributed by atoms with van der Waals surface area (Å²) in [6, 6.07) is 4.50. The van der Waals surface area contributed by atoms with Gasteiger partial charge in [-0.1, -0.05) is 18.0 Å². The molecule has 3 rings (SSSR count). The molecule has 0 aliphatic heterocycles. The molecule has 0 heterocycles. The fraction of sp³-hybridized carbons (Fsp3) is 0.333. The number of nitriles is 1. The van der Waals surface area contributed by atoms with Crippen molar-refractivity contribution in [2.24, 2.45) is 11.8 Å². The summed E-state index contributed by atoms with van der Waals surface area (Å²) < 4.78 is 13.6. The molecular weight excluding hydrogens is 281 g/mol. The number of aromatic hydroxyl groups is 1. The molecule has 1 aromatic rings. The molecule has 2 unspecified atom stereocenters. The summed E-state index contributed by atoms with van der Waals surface area (Å²) in [6.45, 7) is 0.